The van der Waals surface area contributed by atoms with Gasteiger partial charge in [0.05, 0.1) is 5.41 Å². The van der Waals surface area contributed by atoms with Gasteiger partial charge in [0.25, 0.3) is 0 Å². The second kappa shape index (κ2) is 6.78. The first-order chi connectivity index (χ1) is 10.7. The molecule has 4 nitrogen and oxygen atoms in total. The molecular formula is C18H27N3O. The first-order valence-electron chi connectivity index (χ1n) is 8.56. The Kier molecular flexibility index (Phi) is 4.77. The molecule has 2 saturated heterocycles. The van der Waals surface area contributed by atoms with Gasteiger partial charge in [0.15, 0.2) is 0 Å². The maximum atomic E-state index is 12.8. The second-order valence-corrected chi connectivity index (χ2v) is 7.14. The molecule has 0 radical (unpaired) electrons. The van der Waals surface area contributed by atoms with E-state index in [9.17, 15) is 4.79 Å². The van der Waals surface area contributed by atoms with Gasteiger partial charge < -0.3 is 10.2 Å². The standard InChI is InChI=1S/C18H27N3O/c1-18(7-3-9-20-14-18)17(22)21-10-5-15(6-11-21)12-16-4-2-8-19-13-16/h2,4,8,13,15,20H,3,5-7,9-12,14H2,1H3. The van der Waals surface area contributed by atoms with Crippen molar-refractivity contribution < 1.29 is 4.79 Å². The highest BCUT2D eigenvalue weighted by Gasteiger charge is 2.38. The Balaban J connectivity index is 1.52. The van der Waals surface area contributed by atoms with Crippen molar-refractivity contribution in [3.8, 4) is 0 Å². The van der Waals surface area contributed by atoms with E-state index in [2.05, 4.69) is 28.2 Å². The molecule has 2 aliphatic rings. The van der Waals surface area contributed by atoms with Crippen LogP contribution in [0.4, 0.5) is 0 Å². The average Bonchev–Trinajstić information content (AvgIpc) is 2.56. The quantitative estimate of drug-likeness (QED) is 0.931. The number of aromatic nitrogens is 1. The van der Waals surface area contributed by atoms with Crippen molar-refractivity contribution in [3.63, 3.8) is 0 Å². The monoisotopic (exact) mass is 301 g/mol. The zero-order valence-electron chi connectivity index (χ0n) is 13.6. The minimum atomic E-state index is -0.186. The molecule has 1 unspecified atom stereocenters. The maximum Gasteiger partial charge on any atom is 0.229 e. The fourth-order valence-corrected chi connectivity index (χ4v) is 3.81. The molecule has 0 saturated carbocycles. The molecule has 120 valence electrons. The Hall–Kier alpha value is -1.42. The molecular weight excluding hydrogens is 274 g/mol. The summed E-state index contributed by atoms with van der Waals surface area (Å²) in [6.45, 7) is 5.85. The van der Waals surface area contributed by atoms with Crippen molar-refractivity contribution in [2.24, 2.45) is 11.3 Å². The smallest absolute Gasteiger partial charge is 0.229 e. The molecule has 3 heterocycles. The van der Waals surface area contributed by atoms with E-state index in [0.717, 1.165) is 58.3 Å². The maximum absolute atomic E-state index is 12.8. The van der Waals surface area contributed by atoms with Crippen molar-refractivity contribution in [1.82, 2.24) is 15.2 Å². The Morgan fingerprint density at radius 2 is 2.27 bits per heavy atom. The summed E-state index contributed by atoms with van der Waals surface area (Å²) in [5.41, 5.74) is 1.13. The Labute approximate surface area is 133 Å². The fraction of sp³-hybridized carbons (Fsp3) is 0.667. The molecule has 1 amide bonds. The summed E-state index contributed by atoms with van der Waals surface area (Å²) < 4.78 is 0. The lowest BCUT2D eigenvalue weighted by Gasteiger charge is -2.40. The van der Waals surface area contributed by atoms with Crippen LogP contribution in [-0.4, -0.2) is 42.0 Å². The number of amides is 1. The van der Waals surface area contributed by atoms with Gasteiger partial charge in [-0.25, -0.2) is 0 Å². The van der Waals surface area contributed by atoms with Crippen LogP contribution < -0.4 is 5.32 Å². The van der Waals surface area contributed by atoms with Gasteiger partial charge in [-0.2, -0.15) is 0 Å². The predicted molar refractivity (Wildman–Crippen MR) is 87.5 cm³/mol. The third kappa shape index (κ3) is 3.49. The fourth-order valence-electron chi connectivity index (χ4n) is 3.81. The van der Waals surface area contributed by atoms with E-state index in [4.69, 9.17) is 0 Å². The number of likely N-dealkylation sites (tertiary alicyclic amines) is 1. The lowest BCUT2D eigenvalue weighted by molar-refractivity contribution is -0.143. The van der Waals surface area contributed by atoms with Gasteiger partial charge in [0.1, 0.15) is 0 Å². The number of carbonyl (C=O) groups is 1. The van der Waals surface area contributed by atoms with Crippen LogP contribution in [0.1, 0.15) is 38.2 Å². The summed E-state index contributed by atoms with van der Waals surface area (Å²) in [5, 5.41) is 3.38. The normalized spacial score (nSPS) is 26.9. The molecule has 1 aromatic heterocycles. The van der Waals surface area contributed by atoms with Crippen LogP contribution in [0.25, 0.3) is 0 Å². The van der Waals surface area contributed by atoms with E-state index in [1.807, 2.05) is 18.5 Å². The van der Waals surface area contributed by atoms with Crippen molar-refractivity contribution in [1.29, 1.82) is 0 Å². The van der Waals surface area contributed by atoms with Crippen LogP contribution in [0.15, 0.2) is 24.5 Å². The molecule has 2 fully saturated rings. The minimum absolute atomic E-state index is 0.186. The predicted octanol–water partition coefficient (Wildman–Crippen LogP) is 2.25. The lowest BCUT2D eigenvalue weighted by Crippen LogP contribution is -2.52. The van der Waals surface area contributed by atoms with Crippen LogP contribution in [0, 0.1) is 11.3 Å². The van der Waals surface area contributed by atoms with Gasteiger partial charge in [-0.3, -0.25) is 9.78 Å². The summed E-state index contributed by atoms with van der Waals surface area (Å²) in [6, 6.07) is 4.16. The first kappa shape index (κ1) is 15.5. The molecule has 0 aliphatic carbocycles. The third-order valence-electron chi connectivity index (χ3n) is 5.26. The largest absolute Gasteiger partial charge is 0.342 e. The van der Waals surface area contributed by atoms with Crippen LogP contribution in [0.3, 0.4) is 0 Å². The van der Waals surface area contributed by atoms with Crippen molar-refractivity contribution in [2.75, 3.05) is 26.2 Å². The van der Waals surface area contributed by atoms with Crippen LogP contribution >= 0.6 is 0 Å². The number of hydrogen-bond donors (Lipinski definition) is 1. The second-order valence-electron chi connectivity index (χ2n) is 7.14. The highest BCUT2D eigenvalue weighted by Crippen LogP contribution is 2.30. The summed E-state index contributed by atoms with van der Waals surface area (Å²) in [7, 11) is 0. The third-order valence-corrected chi connectivity index (χ3v) is 5.26. The summed E-state index contributed by atoms with van der Waals surface area (Å²) in [4.78, 5) is 19.1. The number of hydrogen-bond acceptors (Lipinski definition) is 3. The lowest BCUT2D eigenvalue weighted by atomic mass is 9.80. The number of nitrogens with one attached hydrogen (secondary N) is 1. The minimum Gasteiger partial charge on any atom is -0.342 e. The SMILES string of the molecule is CC1(C(=O)N2CCC(Cc3cccnc3)CC2)CCCNC1. The molecule has 4 heteroatoms. The van der Waals surface area contributed by atoms with Gasteiger partial charge in [-0.15, -0.1) is 0 Å². The van der Waals surface area contributed by atoms with E-state index < -0.39 is 0 Å². The molecule has 3 rings (SSSR count). The van der Waals surface area contributed by atoms with Crippen LogP contribution in [0.5, 0.6) is 0 Å². The van der Waals surface area contributed by atoms with Gasteiger partial charge in [-0.05, 0) is 63.1 Å². The van der Waals surface area contributed by atoms with E-state index >= 15 is 0 Å². The molecule has 0 bridgehead atoms. The number of piperidine rings is 2. The summed E-state index contributed by atoms with van der Waals surface area (Å²) in [6.07, 6.45) is 9.24. The zero-order valence-corrected chi connectivity index (χ0v) is 13.6. The van der Waals surface area contributed by atoms with E-state index in [-0.39, 0.29) is 5.41 Å². The molecule has 1 atom stereocenters. The molecule has 1 N–H and O–H groups in total. The molecule has 0 spiro atoms. The Morgan fingerprint density at radius 3 is 2.91 bits per heavy atom. The van der Waals surface area contributed by atoms with Crippen molar-refractivity contribution in [2.45, 2.75) is 39.0 Å². The Morgan fingerprint density at radius 1 is 1.45 bits per heavy atom. The van der Waals surface area contributed by atoms with E-state index in [0.29, 0.717) is 11.8 Å². The van der Waals surface area contributed by atoms with Crippen LogP contribution in [0.2, 0.25) is 0 Å². The number of carbonyl (C=O) groups excluding carboxylic acids is 1. The molecule has 1 aromatic rings. The molecule has 0 aromatic carbocycles. The number of nitrogens with zero attached hydrogens (tertiary/aromatic N) is 2. The van der Waals surface area contributed by atoms with E-state index in [1.165, 1.54) is 5.56 Å². The van der Waals surface area contributed by atoms with Gasteiger partial charge in [0, 0.05) is 32.0 Å². The van der Waals surface area contributed by atoms with Crippen molar-refractivity contribution >= 4 is 5.91 Å². The van der Waals surface area contributed by atoms with Crippen molar-refractivity contribution in [3.05, 3.63) is 30.1 Å². The number of rotatable bonds is 3. The van der Waals surface area contributed by atoms with Gasteiger partial charge >= 0.3 is 0 Å². The topological polar surface area (TPSA) is 45.2 Å². The zero-order chi connectivity index (χ0) is 15.4. The number of pyridine rings is 1. The summed E-state index contributed by atoms with van der Waals surface area (Å²) >= 11 is 0. The average molecular weight is 301 g/mol. The van der Waals surface area contributed by atoms with Gasteiger partial charge in [0.2, 0.25) is 5.91 Å². The highest BCUT2D eigenvalue weighted by atomic mass is 16.2. The highest BCUT2D eigenvalue weighted by molar-refractivity contribution is 5.82. The van der Waals surface area contributed by atoms with Crippen LogP contribution in [-0.2, 0) is 11.2 Å². The molecule has 22 heavy (non-hydrogen) atoms. The summed E-state index contributed by atoms with van der Waals surface area (Å²) in [5.74, 6) is 1.05. The Bertz CT molecular complexity index is 488. The van der Waals surface area contributed by atoms with Gasteiger partial charge in [-0.1, -0.05) is 6.07 Å². The van der Waals surface area contributed by atoms with E-state index in [1.54, 1.807) is 0 Å². The first-order valence-corrected chi connectivity index (χ1v) is 8.56. The molecule has 2 aliphatic heterocycles.